The summed E-state index contributed by atoms with van der Waals surface area (Å²) in [5.41, 5.74) is 2.47. The molecular formula is C29H22O2. The standard InChI is InChI=1S/C29H22O2/c30-28-24-12-7-4-2-1-3-6-10-18(24)20-14-16-23-22(26(20)28)17-15-21-19-11-8-5-9-13-25(19)29(31)27(21)23/h1-4,6-7,10,12,14-17H,5,8-9,11,13H2. The smallest absolute Gasteiger partial charge is 0.194 e. The van der Waals surface area contributed by atoms with E-state index >= 15 is 0 Å². The van der Waals surface area contributed by atoms with Gasteiger partial charge in [0.15, 0.2) is 10.9 Å². The molecule has 2 nitrogen and oxygen atoms in total. The molecule has 0 fully saturated rings. The molecule has 31 heavy (non-hydrogen) atoms. The largest absolute Gasteiger partial charge is 0.289 e. The number of hydrogen-bond acceptors (Lipinski definition) is 2. The summed E-state index contributed by atoms with van der Waals surface area (Å²) in [6.07, 6.45) is 5.28. The van der Waals surface area contributed by atoms with Crippen molar-refractivity contribution in [3.8, 4) is 0 Å². The van der Waals surface area contributed by atoms with E-state index in [0.717, 1.165) is 69.0 Å². The first-order valence-corrected chi connectivity index (χ1v) is 11.1. The van der Waals surface area contributed by atoms with Gasteiger partial charge in [-0.1, -0.05) is 79.2 Å². The van der Waals surface area contributed by atoms with E-state index in [1.165, 1.54) is 12.0 Å². The number of rotatable bonds is 0. The molecule has 0 heterocycles. The summed E-state index contributed by atoms with van der Waals surface area (Å²) in [5, 5.41) is 7.04. The molecule has 0 bridgehead atoms. The van der Waals surface area contributed by atoms with Gasteiger partial charge < -0.3 is 0 Å². The van der Waals surface area contributed by atoms with E-state index in [9.17, 15) is 9.59 Å². The summed E-state index contributed by atoms with van der Waals surface area (Å²) in [5.74, 6) is 0. The summed E-state index contributed by atoms with van der Waals surface area (Å²) in [7, 11) is 0. The SMILES string of the molecule is O=c1c2c(c3ccc4c(ccc5c6ccccccccc6c(=O)c54)c13)CCCCC2. The zero-order valence-electron chi connectivity index (χ0n) is 17.3. The van der Waals surface area contributed by atoms with Crippen LogP contribution >= 0.6 is 0 Å². The fourth-order valence-electron chi connectivity index (χ4n) is 5.46. The molecule has 0 atom stereocenters. The number of fused-ring (bicyclic) bond motifs is 9. The van der Waals surface area contributed by atoms with E-state index in [0.29, 0.717) is 5.39 Å². The van der Waals surface area contributed by atoms with Crippen LogP contribution in [0.2, 0.25) is 0 Å². The van der Waals surface area contributed by atoms with Crippen molar-refractivity contribution in [1.82, 2.24) is 0 Å². The van der Waals surface area contributed by atoms with Crippen molar-refractivity contribution >= 4 is 43.1 Å². The average Bonchev–Trinajstić information content (AvgIpc) is 3.07. The summed E-state index contributed by atoms with van der Waals surface area (Å²) in [4.78, 5) is 26.9. The van der Waals surface area contributed by atoms with Gasteiger partial charge in [-0.2, -0.15) is 0 Å². The van der Waals surface area contributed by atoms with Gasteiger partial charge in [-0.15, -0.1) is 0 Å². The minimum atomic E-state index is 0.0365. The monoisotopic (exact) mass is 402 g/mol. The molecule has 0 unspecified atom stereocenters. The molecule has 1 aliphatic rings. The topological polar surface area (TPSA) is 34.1 Å². The first-order valence-electron chi connectivity index (χ1n) is 11.1. The molecule has 0 aromatic heterocycles. The Labute approximate surface area is 179 Å². The van der Waals surface area contributed by atoms with Crippen LogP contribution in [0.1, 0.15) is 30.4 Å². The molecule has 0 spiro atoms. The second kappa shape index (κ2) is 7.02. The van der Waals surface area contributed by atoms with Crippen molar-refractivity contribution in [2.24, 2.45) is 0 Å². The molecule has 0 N–H and O–H groups in total. The second-order valence-electron chi connectivity index (χ2n) is 8.56. The molecule has 0 saturated heterocycles. The Bertz CT molecular complexity index is 1650. The first-order chi connectivity index (χ1) is 15.3. The van der Waals surface area contributed by atoms with Crippen molar-refractivity contribution in [2.45, 2.75) is 32.1 Å². The van der Waals surface area contributed by atoms with Gasteiger partial charge in [0.2, 0.25) is 0 Å². The quantitative estimate of drug-likeness (QED) is 0.285. The Morgan fingerprint density at radius 3 is 1.65 bits per heavy atom. The summed E-state index contributed by atoms with van der Waals surface area (Å²) < 4.78 is 0. The maximum atomic E-state index is 13.5. The van der Waals surface area contributed by atoms with Crippen molar-refractivity contribution in [3.05, 3.63) is 104 Å². The molecule has 0 amide bonds. The van der Waals surface area contributed by atoms with Gasteiger partial charge in [-0.3, -0.25) is 9.59 Å². The van der Waals surface area contributed by atoms with Crippen LogP contribution in [0.25, 0.3) is 43.1 Å². The second-order valence-corrected chi connectivity index (χ2v) is 8.56. The summed E-state index contributed by atoms with van der Waals surface area (Å²) in [6.45, 7) is 0. The number of aryl methyl sites for hydroxylation is 1. The highest BCUT2D eigenvalue weighted by molar-refractivity contribution is 6.24. The lowest BCUT2D eigenvalue weighted by Gasteiger charge is -2.03. The van der Waals surface area contributed by atoms with E-state index in [1.807, 2.05) is 60.7 Å². The van der Waals surface area contributed by atoms with Crippen LogP contribution < -0.4 is 10.9 Å². The molecule has 5 aromatic carbocycles. The first kappa shape index (κ1) is 18.3. The van der Waals surface area contributed by atoms with Gasteiger partial charge >= 0.3 is 0 Å². The van der Waals surface area contributed by atoms with Crippen LogP contribution in [0.4, 0.5) is 0 Å². The Morgan fingerprint density at radius 2 is 0.935 bits per heavy atom. The Kier molecular flexibility index (Phi) is 4.14. The third-order valence-corrected chi connectivity index (χ3v) is 6.88. The van der Waals surface area contributed by atoms with Crippen LogP contribution in [0.3, 0.4) is 0 Å². The van der Waals surface area contributed by atoms with Crippen LogP contribution in [-0.2, 0) is 12.8 Å². The van der Waals surface area contributed by atoms with Gasteiger partial charge in [-0.25, -0.2) is 0 Å². The maximum absolute atomic E-state index is 13.5. The van der Waals surface area contributed by atoms with Gasteiger partial charge in [0.25, 0.3) is 0 Å². The third kappa shape index (κ3) is 2.64. The zero-order chi connectivity index (χ0) is 20.9. The predicted octanol–water partition coefficient (Wildman–Crippen LogP) is 6.29. The van der Waals surface area contributed by atoms with E-state index in [1.54, 1.807) is 0 Å². The number of hydrogen-bond donors (Lipinski definition) is 0. The van der Waals surface area contributed by atoms with Crippen LogP contribution in [0.15, 0.2) is 82.4 Å². The fourth-order valence-corrected chi connectivity index (χ4v) is 5.46. The fraction of sp³-hybridized carbons (Fsp3) is 0.172. The lowest BCUT2D eigenvalue weighted by Crippen LogP contribution is -2.04. The van der Waals surface area contributed by atoms with Gasteiger partial charge in [0, 0.05) is 21.7 Å². The Hall–Kier alpha value is -3.52. The van der Waals surface area contributed by atoms with Gasteiger partial charge in [0.05, 0.1) is 0 Å². The molecule has 150 valence electrons. The van der Waals surface area contributed by atoms with Crippen LogP contribution in [-0.4, -0.2) is 0 Å². The van der Waals surface area contributed by atoms with E-state index in [4.69, 9.17) is 0 Å². The minimum Gasteiger partial charge on any atom is -0.289 e. The molecule has 1 aliphatic carbocycles. The normalized spacial score (nSPS) is 14.1. The highest BCUT2D eigenvalue weighted by Crippen LogP contribution is 2.36. The number of benzene rings is 2. The van der Waals surface area contributed by atoms with E-state index in [2.05, 4.69) is 12.1 Å². The molecule has 2 heteroatoms. The third-order valence-electron chi connectivity index (χ3n) is 6.88. The highest BCUT2D eigenvalue weighted by Gasteiger charge is 2.21. The van der Waals surface area contributed by atoms with Crippen molar-refractivity contribution in [2.75, 3.05) is 0 Å². The minimum absolute atomic E-state index is 0.0365. The van der Waals surface area contributed by atoms with Gasteiger partial charge in [0.1, 0.15) is 0 Å². The molecule has 0 radical (unpaired) electrons. The molecule has 5 aromatic rings. The lowest BCUT2D eigenvalue weighted by atomic mass is 9.99. The molecule has 0 aliphatic heterocycles. The summed E-state index contributed by atoms with van der Waals surface area (Å²) in [6, 6.07) is 23.8. The van der Waals surface area contributed by atoms with E-state index in [-0.39, 0.29) is 10.9 Å². The van der Waals surface area contributed by atoms with Crippen molar-refractivity contribution in [1.29, 1.82) is 0 Å². The Balaban J connectivity index is 1.79. The zero-order valence-corrected chi connectivity index (χ0v) is 17.3. The summed E-state index contributed by atoms with van der Waals surface area (Å²) >= 11 is 0. The molecular weight excluding hydrogens is 380 g/mol. The van der Waals surface area contributed by atoms with Crippen LogP contribution in [0, 0.1) is 0 Å². The maximum Gasteiger partial charge on any atom is 0.194 e. The van der Waals surface area contributed by atoms with Gasteiger partial charge in [-0.05, 0) is 58.2 Å². The molecule has 6 rings (SSSR count). The van der Waals surface area contributed by atoms with Crippen molar-refractivity contribution < 1.29 is 0 Å². The predicted molar refractivity (Wildman–Crippen MR) is 130 cm³/mol. The average molecular weight is 402 g/mol. The molecule has 0 saturated carbocycles. The van der Waals surface area contributed by atoms with Crippen LogP contribution in [0.5, 0.6) is 0 Å². The van der Waals surface area contributed by atoms with Crippen molar-refractivity contribution in [3.63, 3.8) is 0 Å². The highest BCUT2D eigenvalue weighted by atomic mass is 16.1. The lowest BCUT2D eigenvalue weighted by molar-refractivity contribution is 0.711. The van der Waals surface area contributed by atoms with E-state index < -0.39 is 0 Å². The Morgan fingerprint density at radius 1 is 0.419 bits per heavy atom.